The fourth-order valence-corrected chi connectivity index (χ4v) is 9.10. The van der Waals surface area contributed by atoms with E-state index in [-0.39, 0.29) is 61.4 Å². The summed E-state index contributed by atoms with van der Waals surface area (Å²) in [6.45, 7) is 0.965. The van der Waals surface area contributed by atoms with Gasteiger partial charge in [0.2, 0.25) is 6.41 Å². The third kappa shape index (κ3) is 8.49. The molecule has 354 valence electrons. The molecule has 0 spiro atoms. The van der Waals surface area contributed by atoms with Crippen molar-refractivity contribution in [1.82, 2.24) is 39.7 Å². The Hall–Kier alpha value is -6.74. The molecule has 9 rings (SSSR count). The second-order valence-electron chi connectivity index (χ2n) is 16.1. The summed E-state index contributed by atoms with van der Waals surface area (Å²) in [6, 6.07) is 14.4. The van der Waals surface area contributed by atoms with E-state index in [1.165, 1.54) is 53.0 Å². The lowest BCUT2D eigenvalue weighted by Gasteiger charge is -2.44. The van der Waals surface area contributed by atoms with Crippen molar-refractivity contribution >= 4 is 30.5 Å². The maximum atomic E-state index is 14.6. The Morgan fingerprint density at radius 1 is 0.642 bits per heavy atom. The molecule has 3 aliphatic heterocycles. The molecule has 67 heavy (non-hydrogen) atoms. The quantitative estimate of drug-likeness (QED) is 0.0846. The topological polar surface area (TPSA) is 155 Å². The van der Waals surface area contributed by atoms with Crippen LogP contribution in [0.1, 0.15) is 59.5 Å². The Morgan fingerprint density at radius 2 is 1.09 bits per heavy atom. The van der Waals surface area contributed by atoms with Crippen molar-refractivity contribution < 1.29 is 50.1 Å². The minimum Gasteiger partial charge on any atom is -0.493 e. The summed E-state index contributed by atoms with van der Waals surface area (Å²) in [5, 5.41) is 18.5. The fraction of sp³-hybridized carbons (Fsp3) is 0.356. The van der Waals surface area contributed by atoms with Gasteiger partial charge in [-0.25, -0.2) is 9.36 Å². The van der Waals surface area contributed by atoms with E-state index in [2.05, 4.69) is 26.1 Å². The first-order valence-electron chi connectivity index (χ1n) is 20.8. The van der Waals surface area contributed by atoms with Crippen LogP contribution in [0.5, 0.6) is 23.0 Å². The Morgan fingerprint density at radius 3 is 1.46 bits per heavy atom. The maximum absolute atomic E-state index is 14.6. The van der Waals surface area contributed by atoms with Gasteiger partial charge in [0.1, 0.15) is 17.2 Å². The molecular formula is C45H45ClF6N10O5. The van der Waals surface area contributed by atoms with Crippen LogP contribution >= 0.6 is 12.4 Å². The summed E-state index contributed by atoms with van der Waals surface area (Å²) in [5.41, 5.74) is 2.05. The van der Waals surface area contributed by atoms with E-state index < -0.39 is 42.1 Å². The molecule has 4 aromatic heterocycles. The summed E-state index contributed by atoms with van der Waals surface area (Å²) >= 11 is 0. The highest BCUT2D eigenvalue weighted by Gasteiger charge is 2.49. The molecule has 0 saturated carbocycles. The number of carbonyl (C=O) groups is 1. The maximum Gasteiger partial charge on any atom is 0.410 e. The lowest BCUT2D eigenvalue weighted by atomic mass is 9.86. The van der Waals surface area contributed by atoms with Gasteiger partial charge in [0.05, 0.1) is 63.3 Å². The number of halogens is 7. The third-order valence-electron chi connectivity index (χ3n) is 12.5. The number of alkyl halides is 6. The normalized spacial score (nSPS) is 21.4. The number of anilines is 2. The van der Waals surface area contributed by atoms with Crippen LogP contribution < -0.4 is 34.9 Å². The van der Waals surface area contributed by atoms with E-state index in [1.807, 2.05) is 0 Å². The fourth-order valence-electron chi connectivity index (χ4n) is 9.10. The van der Waals surface area contributed by atoms with Crippen LogP contribution in [0.4, 0.5) is 38.0 Å². The Bertz CT molecular complexity index is 2560. The molecule has 2 aromatic carbocycles. The monoisotopic (exact) mass is 954 g/mol. The third-order valence-corrected chi connectivity index (χ3v) is 12.5. The lowest BCUT2D eigenvalue weighted by molar-refractivity contribution is -0.174. The van der Waals surface area contributed by atoms with Gasteiger partial charge in [0.15, 0.2) is 35.1 Å². The molecule has 4 unspecified atom stereocenters. The zero-order chi connectivity index (χ0) is 46.5. The number of nitrogens with zero attached hydrogens (tertiary/aromatic N) is 7. The van der Waals surface area contributed by atoms with Crippen molar-refractivity contribution in [3.05, 3.63) is 108 Å². The van der Waals surface area contributed by atoms with E-state index >= 15 is 0 Å². The molecule has 1 saturated heterocycles. The van der Waals surface area contributed by atoms with Crippen LogP contribution in [0, 0.1) is 0 Å². The number of amides is 1. The van der Waals surface area contributed by atoms with E-state index in [0.29, 0.717) is 69.6 Å². The number of hydrogen-bond donors (Lipinski definition) is 3. The Kier molecular flexibility index (Phi) is 12.7. The number of pyridine rings is 2. The summed E-state index contributed by atoms with van der Waals surface area (Å²) in [7, 11) is 5.86. The second kappa shape index (κ2) is 18.2. The largest absolute Gasteiger partial charge is 0.493 e. The van der Waals surface area contributed by atoms with Crippen LogP contribution in [-0.4, -0.2) is 101 Å². The number of rotatable bonds is 11. The molecule has 4 atom stereocenters. The molecule has 22 heteroatoms. The number of hydrogen-bond acceptors (Lipinski definition) is 12. The molecule has 1 amide bonds. The molecule has 0 radical (unpaired) electrons. The molecule has 1 fully saturated rings. The average molecular weight is 955 g/mol. The minimum atomic E-state index is -4.62. The number of carbonyl (C=O) groups excluding carboxylic acids is 1. The summed E-state index contributed by atoms with van der Waals surface area (Å²) in [5.74, 6) is 1.98. The number of piperazine rings is 1. The molecule has 3 N–H and O–H groups in total. The second-order valence-corrected chi connectivity index (χ2v) is 16.1. The predicted molar refractivity (Wildman–Crippen MR) is 236 cm³/mol. The van der Waals surface area contributed by atoms with Gasteiger partial charge in [0.25, 0.3) is 0 Å². The van der Waals surface area contributed by atoms with Crippen LogP contribution in [-0.2, 0) is 10.3 Å². The van der Waals surface area contributed by atoms with Gasteiger partial charge in [-0.15, -0.1) is 12.4 Å². The Labute approximate surface area is 386 Å². The average Bonchev–Trinajstić information content (AvgIpc) is 3.97. The number of ether oxygens (including phenoxy) is 4. The smallest absolute Gasteiger partial charge is 0.410 e. The van der Waals surface area contributed by atoms with Crippen LogP contribution in [0.2, 0.25) is 0 Å². The van der Waals surface area contributed by atoms with E-state index in [4.69, 9.17) is 28.9 Å². The zero-order valence-corrected chi connectivity index (χ0v) is 37.2. The van der Waals surface area contributed by atoms with Crippen LogP contribution in [0.15, 0.2) is 85.2 Å². The van der Waals surface area contributed by atoms with Crippen molar-refractivity contribution in [2.24, 2.45) is 0 Å². The van der Waals surface area contributed by atoms with Crippen molar-refractivity contribution in [2.75, 3.05) is 58.7 Å². The first-order chi connectivity index (χ1) is 31.7. The van der Waals surface area contributed by atoms with Gasteiger partial charge >= 0.3 is 12.4 Å². The first-order valence-corrected chi connectivity index (χ1v) is 20.8. The molecule has 7 heterocycles. The molecule has 0 bridgehead atoms. The summed E-state index contributed by atoms with van der Waals surface area (Å²) < 4.78 is 111. The van der Waals surface area contributed by atoms with Gasteiger partial charge in [-0.3, -0.25) is 14.8 Å². The van der Waals surface area contributed by atoms with Crippen LogP contribution in [0.25, 0.3) is 22.5 Å². The molecular weight excluding hydrogens is 910 g/mol. The molecule has 0 aliphatic carbocycles. The van der Waals surface area contributed by atoms with Crippen molar-refractivity contribution in [3.63, 3.8) is 0 Å². The lowest BCUT2D eigenvalue weighted by Crippen LogP contribution is -2.59. The van der Waals surface area contributed by atoms with Gasteiger partial charge < -0.3 is 39.8 Å². The van der Waals surface area contributed by atoms with Crippen LogP contribution in [0.3, 0.4) is 0 Å². The highest BCUT2D eigenvalue weighted by atomic mass is 35.5. The number of benzene rings is 2. The van der Waals surface area contributed by atoms with E-state index in [9.17, 15) is 31.1 Å². The van der Waals surface area contributed by atoms with Gasteiger partial charge in [-0.05, 0) is 59.7 Å². The highest BCUT2D eigenvalue weighted by Crippen LogP contribution is 2.48. The molecule has 15 nitrogen and oxygen atoms in total. The number of aromatic nitrogens is 6. The number of nitrogens with one attached hydrogen (secondary N) is 3. The minimum absolute atomic E-state index is 0. The first kappa shape index (κ1) is 46.8. The van der Waals surface area contributed by atoms with Gasteiger partial charge in [-0.2, -0.15) is 36.5 Å². The van der Waals surface area contributed by atoms with Crippen molar-refractivity contribution in [3.8, 4) is 45.5 Å². The predicted octanol–water partition coefficient (Wildman–Crippen LogP) is 8.29. The Balaban J connectivity index is 0.00000608. The van der Waals surface area contributed by atoms with E-state index in [1.54, 1.807) is 65.6 Å². The van der Waals surface area contributed by atoms with Gasteiger partial charge in [-0.1, -0.05) is 12.1 Å². The summed E-state index contributed by atoms with van der Waals surface area (Å²) in [4.78, 5) is 23.8. The van der Waals surface area contributed by atoms with Crippen molar-refractivity contribution in [1.29, 1.82) is 0 Å². The molecule has 3 aliphatic rings. The number of methoxy groups -OCH3 is 4. The molecule has 6 aromatic rings. The van der Waals surface area contributed by atoms with Crippen molar-refractivity contribution in [2.45, 2.75) is 54.9 Å². The number of fused-ring (bicyclic) bond motifs is 2. The SMILES string of the molecule is COc1ccc(C2CC(C(F)(F)F)n3nc(-c4ccc(C5(c6ccc(-c7cc8n(n7)C(C(F)(F)F)CC(c7ccc(OC)c(OC)c7)N8)cn6)CNCCN5C=O)nc4)cc3N2)cc1OC.Cl. The van der Waals surface area contributed by atoms with Gasteiger partial charge in [0, 0.05) is 68.1 Å². The summed E-state index contributed by atoms with van der Waals surface area (Å²) in [6.07, 6.45) is -6.22. The van der Waals surface area contributed by atoms with E-state index in [0.717, 1.165) is 9.36 Å². The zero-order valence-electron chi connectivity index (χ0n) is 36.4. The standard InChI is InChI=1S/C45H44F6N10O5.ClH/c1-63-33-9-5-25(15-35(33)65-3)29-17-39(44(46,47)48)60-41(55-29)19-31(57-60)27-7-11-37(53-21-27)43(23-52-13-14-59(43)24-62)38-12-8-28(22-54-38)32-20-42-56-30(18-40(45(49,50)51)61(42)58-32)26-6-10-34(64-2)36(16-26)66-4;/h5-12,15-16,19-22,24,29-30,39-40,52,55-56H,13-14,17-18,23H2,1-4H3;1H. The highest BCUT2D eigenvalue weighted by molar-refractivity contribution is 5.85.